The Morgan fingerprint density at radius 1 is 1.33 bits per heavy atom. The molecule has 1 aliphatic carbocycles. The summed E-state index contributed by atoms with van der Waals surface area (Å²) in [4.78, 5) is 0. The Kier molecular flexibility index (Phi) is 4.68. The Bertz CT molecular complexity index is 405. The maximum absolute atomic E-state index is 6.15. The second-order valence-electron chi connectivity index (χ2n) is 5.40. The lowest BCUT2D eigenvalue weighted by atomic mass is 9.88. The van der Waals surface area contributed by atoms with Crippen LogP contribution in [0.3, 0.4) is 0 Å². The number of benzene rings is 1. The fraction of sp³-hybridized carbons (Fsp3) is 0.600. The van der Waals surface area contributed by atoms with Gasteiger partial charge < -0.3 is 10.5 Å². The van der Waals surface area contributed by atoms with Crippen molar-refractivity contribution < 1.29 is 4.74 Å². The minimum Gasteiger partial charge on any atom is -0.489 e. The molecule has 0 saturated heterocycles. The van der Waals surface area contributed by atoms with Gasteiger partial charge in [-0.15, -0.1) is 0 Å². The summed E-state index contributed by atoms with van der Waals surface area (Å²) in [5, 5.41) is 0. The van der Waals surface area contributed by atoms with E-state index in [0.717, 1.165) is 15.8 Å². The van der Waals surface area contributed by atoms with Crippen molar-refractivity contribution in [2.24, 2.45) is 11.7 Å². The fourth-order valence-electron chi connectivity index (χ4n) is 2.52. The summed E-state index contributed by atoms with van der Waals surface area (Å²) in [6, 6.07) is 6.21. The molecule has 100 valence electrons. The standard InChI is InChI=1S/C15H22BrNO/c1-10-5-3-4-6-14(10)18-15-8-7-12(11(2)17)9-13(15)16/h7-11,14H,3-6,17H2,1-2H3/t10?,11-,14?/m0/s1. The van der Waals surface area contributed by atoms with Gasteiger partial charge in [-0.25, -0.2) is 0 Å². The van der Waals surface area contributed by atoms with E-state index in [9.17, 15) is 0 Å². The minimum absolute atomic E-state index is 0.0592. The van der Waals surface area contributed by atoms with Gasteiger partial charge in [0, 0.05) is 6.04 Å². The van der Waals surface area contributed by atoms with Crippen LogP contribution in [-0.2, 0) is 0 Å². The van der Waals surface area contributed by atoms with Crippen LogP contribution in [0.2, 0.25) is 0 Å². The number of halogens is 1. The molecule has 2 unspecified atom stereocenters. The Balaban J connectivity index is 2.09. The summed E-state index contributed by atoms with van der Waals surface area (Å²) in [6.45, 7) is 4.28. The lowest BCUT2D eigenvalue weighted by molar-refractivity contribution is 0.102. The SMILES string of the molecule is CC1CCCCC1Oc1ccc([C@H](C)N)cc1Br. The van der Waals surface area contributed by atoms with E-state index in [1.54, 1.807) is 0 Å². The molecule has 3 heteroatoms. The molecule has 0 heterocycles. The highest BCUT2D eigenvalue weighted by Crippen LogP contribution is 2.33. The molecule has 1 aromatic carbocycles. The summed E-state index contributed by atoms with van der Waals surface area (Å²) < 4.78 is 7.15. The van der Waals surface area contributed by atoms with Gasteiger partial charge in [0.25, 0.3) is 0 Å². The lowest BCUT2D eigenvalue weighted by Gasteiger charge is -2.29. The number of rotatable bonds is 3. The molecule has 2 rings (SSSR count). The van der Waals surface area contributed by atoms with E-state index in [1.165, 1.54) is 25.7 Å². The number of hydrogen-bond acceptors (Lipinski definition) is 2. The van der Waals surface area contributed by atoms with Gasteiger partial charge in [0.2, 0.25) is 0 Å². The van der Waals surface area contributed by atoms with Crippen molar-refractivity contribution in [3.8, 4) is 5.75 Å². The Morgan fingerprint density at radius 3 is 2.67 bits per heavy atom. The summed E-state index contributed by atoms with van der Waals surface area (Å²) in [7, 11) is 0. The molecule has 0 bridgehead atoms. The topological polar surface area (TPSA) is 35.2 Å². The van der Waals surface area contributed by atoms with Crippen molar-refractivity contribution in [3.05, 3.63) is 28.2 Å². The van der Waals surface area contributed by atoms with Crippen molar-refractivity contribution in [1.29, 1.82) is 0 Å². The van der Waals surface area contributed by atoms with Crippen LogP contribution in [0.5, 0.6) is 5.75 Å². The Morgan fingerprint density at radius 2 is 2.06 bits per heavy atom. The maximum Gasteiger partial charge on any atom is 0.133 e. The smallest absolute Gasteiger partial charge is 0.133 e. The molecule has 0 aromatic heterocycles. The van der Waals surface area contributed by atoms with Gasteiger partial charge in [-0.05, 0) is 65.7 Å². The van der Waals surface area contributed by atoms with Crippen molar-refractivity contribution in [1.82, 2.24) is 0 Å². The molecular weight excluding hydrogens is 290 g/mol. The Hall–Kier alpha value is -0.540. The summed E-state index contributed by atoms with van der Waals surface area (Å²) in [6.07, 6.45) is 5.43. The van der Waals surface area contributed by atoms with Crippen LogP contribution < -0.4 is 10.5 Å². The van der Waals surface area contributed by atoms with Crippen molar-refractivity contribution in [2.45, 2.75) is 51.7 Å². The molecule has 0 aliphatic heterocycles. The summed E-state index contributed by atoms with van der Waals surface area (Å²) in [5.41, 5.74) is 7.01. The molecule has 3 atom stereocenters. The van der Waals surface area contributed by atoms with Crippen LogP contribution >= 0.6 is 15.9 Å². The molecular formula is C15H22BrNO. The van der Waals surface area contributed by atoms with Crippen LogP contribution in [-0.4, -0.2) is 6.10 Å². The molecule has 0 spiro atoms. The van der Waals surface area contributed by atoms with Gasteiger partial charge in [-0.3, -0.25) is 0 Å². The van der Waals surface area contributed by atoms with E-state index in [4.69, 9.17) is 10.5 Å². The minimum atomic E-state index is 0.0592. The van der Waals surface area contributed by atoms with E-state index in [0.29, 0.717) is 12.0 Å². The summed E-state index contributed by atoms with van der Waals surface area (Å²) in [5.74, 6) is 1.59. The van der Waals surface area contributed by atoms with Crippen LogP contribution in [0.15, 0.2) is 22.7 Å². The third-order valence-corrected chi connectivity index (χ3v) is 4.41. The molecule has 1 aromatic rings. The van der Waals surface area contributed by atoms with Crippen LogP contribution in [0.4, 0.5) is 0 Å². The highest BCUT2D eigenvalue weighted by atomic mass is 79.9. The Labute approximate surface area is 118 Å². The predicted octanol–water partition coefficient (Wildman–Crippen LogP) is 4.43. The van der Waals surface area contributed by atoms with Gasteiger partial charge in [0.1, 0.15) is 11.9 Å². The number of hydrogen-bond donors (Lipinski definition) is 1. The highest BCUT2D eigenvalue weighted by Gasteiger charge is 2.23. The highest BCUT2D eigenvalue weighted by molar-refractivity contribution is 9.10. The number of ether oxygens (including phenoxy) is 1. The van der Waals surface area contributed by atoms with E-state index in [2.05, 4.69) is 35.0 Å². The van der Waals surface area contributed by atoms with E-state index >= 15 is 0 Å². The van der Waals surface area contributed by atoms with Gasteiger partial charge in [-0.2, -0.15) is 0 Å². The molecule has 1 saturated carbocycles. The van der Waals surface area contributed by atoms with Crippen molar-refractivity contribution in [2.75, 3.05) is 0 Å². The zero-order valence-corrected chi connectivity index (χ0v) is 12.7. The van der Waals surface area contributed by atoms with Gasteiger partial charge in [-0.1, -0.05) is 19.4 Å². The molecule has 2 N–H and O–H groups in total. The molecule has 18 heavy (non-hydrogen) atoms. The third kappa shape index (κ3) is 3.27. The van der Waals surface area contributed by atoms with Gasteiger partial charge >= 0.3 is 0 Å². The zero-order chi connectivity index (χ0) is 13.1. The first-order valence-electron chi connectivity index (χ1n) is 6.79. The first-order valence-corrected chi connectivity index (χ1v) is 7.59. The van der Waals surface area contributed by atoms with Crippen LogP contribution in [0, 0.1) is 5.92 Å². The normalized spacial score (nSPS) is 25.8. The maximum atomic E-state index is 6.15. The molecule has 2 nitrogen and oxygen atoms in total. The number of nitrogens with two attached hydrogens (primary N) is 1. The summed E-state index contributed by atoms with van der Waals surface area (Å²) >= 11 is 3.58. The monoisotopic (exact) mass is 311 g/mol. The van der Waals surface area contributed by atoms with E-state index in [1.807, 2.05) is 13.0 Å². The van der Waals surface area contributed by atoms with Gasteiger partial charge in [0.15, 0.2) is 0 Å². The third-order valence-electron chi connectivity index (χ3n) is 3.79. The molecule has 0 amide bonds. The average molecular weight is 312 g/mol. The van der Waals surface area contributed by atoms with Crippen LogP contribution in [0.1, 0.15) is 51.1 Å². The molecule has 1 aliphatic rings. The zero-order valence-electron chi connectivity index (χ0n) is 11.2. The predicted molar refractivity (Wildman–Crippen MR) is 78.8 cm³/mol. The fourth-order valence-corrected chi connectivity index (χ4v) is 3.01. The first-order chi connectivity index (χ1) is 8.58. The quantitative estimate of drug-likeness (QED) is 0.896. The average Bonchev–Trinajstić information content (AvgIpc) is 2.34. The molecule has 0 radical (unpaired) electrons. The van der Waals surface area contributed by atoms with Gasteiger partial charge in [0.05, 0.1) is 4.47 Å². The first kappa shape index (κ1) is 13.9. The second-order valence-corrected chi connectivity index (χ2v) is 6.25. The lowest BCUT2D eigenvalue weighted by Crippen LogP contribution is -2.28. The van der Waals surface area contributed by atoms with Crippen molar-refractivity contribution in [3.63, 3.8) is 0 Å². The van der Waals surface area contributed by atoms with Crippen molar-refractivity contribution >= 4 is 15.9 Å². The molecule has 1 fully saturated rings. The largest absolute Gasteiger partial charge is 0.489 e. The second kappa shape index (κ2) is 6.07. The van der Waals surface area contributed by atoms with E-state index in [-0.39, 0.29) is 6.04 Å². The van der Waals surface area contributed by atoms with Crippen LogP contribution in [0.25, 0.3) is 0 Å². The van der Waals surface area contributed by atoms with E-state index < -0.39 is 0 Å².